The number of ether oxygens (including phenoxy) is 2. The molecular weight excluding hydrogens is 264 g/mol. The van der Waals surface area contributed by atoms with Gasteiger partial charge >= 0.3 is 0 Å². The van der Waals surface area contributed by atoms with Gasteiger partial charge in [-0.15, -0.1) is 0 Å². The Labute approximate surface area is 126 Å². The van der Waals surface area contributed by atoms with Crippen LogP contribution < -0.4 is 14.8 Å². The molecular formula is C17H22N2O2. The van der Waals surface area contributed by atoms with Crippen molar-refractivity contribution >= 4 is 0 Å². The molecule has 4 nitrogen and oxygen atoms in total. The smallest absolute Gasteiger partial charge is 0.165 e. The molecule has 1 saturated carbocycles. The van der Waals surface area contributed by atoms with Gasteiger partial charge in [-0.2, -0.15) is 5.26 Å². The van der Waals surface area contributed by atoms with Crippen molar-refractivity contribution in [2.24, 2.45) is 0 Å². The first-order chi connectivity index (χ1) is 9.91. The van der Waals surface area contributed by atoms with Crippen LogP contribution in [0.3, 0.4) is 0 Å². The van der Waals surface area contributed by atoms with Crippen molar-refractivity contribution in [2.45, 2.75) is 57.2 Å². The van der Waals surface area contributed by atoms with E-state index in [4.69, 9.17) is 9.47 Å². The summed E-state index contributed by atoms with van der Waals surface area (Å²) in [4.78, 5) is 0. The Morgan fingerprint density at radius 3 is 2.90 bits per heavy atom. The fourth-order valence-corrected chi connectivity index (χ4v) is 2.71. The third-order valence-electron chi connectivity index (χ3n) is 3.92. The van der Waals surface area contributed by atoms with Crippen LogP contribution in [-0.4, -0.2) is 23.8 Å². The van der Waals surface area contributed by atoms with E-state index in [2.05, 4.69) is 31.3 Å². The largest absolute Gasteiger partial charge is 0.487 e. The molecule has 1 aromatic rings. The van der Waals surface area contributed by atoms with Crippen molar-refractivity contribution in [3.8, 4) is 17.6 Å². The van der Waals surface area contributed by atoms with Crippen molar-refractivity contribution in [1.82, 2.24) is 5.32 Å². The van der Waals surface area contributed by atoms with Gasteiger partial charge in [0.1, 0.15) is 17.7 Å². The van der Waals surface area contributed by atoms with E-state index in [9.17, 15) is 5.26 Å². The van der Waals surface area contributed by atoms with Gasteiger partial charge in [-0.25, -0.2) is 0 Å². The lowest BCUT2D eigenvalue weighted by Crippen LogP contribution is -2.47. The first-order valence-electron chi connectivity index (χ1n) is 7.53. The maximum absolute atomic E-state index is 9.39. The quantitative estimate of drug-likeness (QED) is 0.904. The molecule has 1 fully saturated rings. The van der Waals surface area contributed by atoms with E-state index in [0.717, 1.165) is 30.8 Å². The second-order valence-electron chi connectivity index (χ2n) is 6.93. The molecule has 1 aliphatic heterocycles. The normalized spacial score (nSPS) is 21.8. The van der Waals surface area contributed by atoms with Gasteiger partial charge in [0, 0.05) is 18.0 Å². The van der Waals surface area contributed by atoms with Gasteiger partial charge in [0.15, 0.2) is 11.5 Å². The molecule has 1 atom stereocenters. The van der Waals surface area contributed by atoms with Crippen LogP contribution in [0.4, 0.5) is 0 Å². The standard InChI is InChI=1S/C17H22N2O2/c1-16(2)9-12-5-4-6-14(15(12)21-16)20-11-17(3,10-18)19-13-7-8-13/h4-6,13,19H,7-9,11H2,1-3H3. The molecule has 4 heteroatoms. The summed E-state index contributed by atoms with van der Waals surface area (Å²) in [6, 6.07) is 8.76. The Bertz CT molecular complexity index is 587. The topological polar surface area (TPSA) is 54.3 Å². The minimum absolute atomic E-state index is 0.188. The second-order valence-corrected chi connectivity index (χ2v) is 6.93. The minimum Gasteiger partial charge on any atom is -0.487 e. The average Bonchev–Trinajstić information content (AvgIpc) is 3.16. The number of hydrogen-bond acceptors (Lipinski definition) is 4. The second kappa shape index (κ2) is 4.92. The summed E-state index contributed by atoms with van der Waals surface area (Å²) >= 11 is 0. The van der Waals surface area contributed by atoms with Gasteiger partial charge in [0.05, 0.1) is 6.07 Å². The van der Waals surface area contributed by atoms with Crippen LogP contribution in [0.25, 0.3) is 0 Å². The molecule has 21 heavy (non-hydrogen) atoms. The number of nitrogens with one attached hydrogen (secondary N) is 1. The molecule has 1 heterocycles. The molecule has 1 N–H and O–H groups in total. The molecule has 1 unspecified atom stereocenters. The summed E-state index contributed by atoms with van der Waals surface area (Å²) < 4.78 is 11.9. The predicted molar refractivity (Wildman–Crippen MR) is 80.5 cm³/mol. The molecule has 0 saturated heterocycles. The van der Waals surface area contributed by atoms with E-state index in [1.54, 1.807) is 0 Å². The number of fused-ring (bicyclic) bond motifs is 1. The van der Waals surface area contributed by atoms with Gasteiger partial charge in [-0.05, 0) is 39.7 Å². The number of nitriles is 1. The Balaban J connectivity index is 1.72. The molecule has 0 aromatic heterocycles. The molecule has 1 aromatic carbocycles. The molecule has 0 amide bonds. The Morgan fingerprint density at radius 2 is 2.24 bits per heavy atom. The van der Waals surface area contributed by atoms with Gasteiger partial charge in [0.25, 0.3) is 0 Å². The fraction of sp³-hybridized carbons (Fsp3) is 0.588. The molecule has 0 bridgehead atoms. The zero-order chi connectivity index (χ0) is 15.1. The number of benzene rings is 1. The summed E-state index contributed by atoms with van der Waals surface area (Å²) in [7, 11) is 0. The van der Waals surface area contributed by atoms with Crippen LogP contribution in [0.15, 0.2) is 18.2 Å². The predicted octanol–water partition coefficient (Wildman–Crippen LogP) is 2.81. The highest BCUT2D eigenvalue weighted by Crippen LogP contribution is 2.41. The molecule has 1 aliphatic carbocycles. The lowest BCUT2D eigenvalue weighted by Gasteiger charge is -2.24. The number of nitrogens with zero attached hydrogens (tertiary/aromatic N) is 1. The van der Waals surface area contributed by atoms with Crippen LogP contribution >= 0.6 is 0 Å². The number of para-hydroxylation sites is 1. The van der Waals surface area contributed by atoms with Gasteiger partial charge in [-0.1, -0.05) is 12.1 Å². The highest BCUT2D eigenvalue weighted by Gasteiger charge is 2.35. The molecule has 0 spiro atoms. The van der Waals surface area contributed by atoms with Crippen LogP contribution in [-0.2, 0) is 6.42 Å². The van der Waals surface area contributed by atoms with Crippen LogP contribution in [0.5, 0.6) is 11.5 Å². The maximum atomic E-state index is 9.39. The van der Waals surface area contributed by atoms with Crippen molar-refractivity contribution < 1.29 is 9.47 Å². The lowest BCUT2D eigenvalue weighted by molar-refractivity contribution is 0.129. The zero-order valence-electron chi connectivity index (χ0n) is 12.9. The van der Waals surface area contributed by atoms with Gasteiger partial charge in [-0.3, -0.25) is 5.32 Å². The highest BCUT2D eigenvalue weighted by molar-refractivity contribution is 5.50. The summed E-state index contributed by atoms with van der Waals surface area (Å²) in [5.41, 5.74) is 0.330. The van der Waals surface area contributed by atoms with Gasteiger partial charge < -0.3 is 9.47 Å². The van der Waals surface area contributed by atoms with E-state index in [1.807, 2.05) is 19.1 Å². The summed E-state index contributed by atoms with van der Waals surface area (Å²) in [6.45, 7) is 6.36. The van der Waals surface area contributed by atoms with E-state index in [0.29, 0.717) is 12.6 Å². The van der Waals surface area contributed by atoms with E-state index in [1.165, 1.54) is 5.56 Å². The summed E-state index contributed by atoms with van der Waals surface area (Å²) in [5, 5.41) is 12.7. The third-order valence-corrected chi connectivity index (χ3v) is 3.92. The first-order valence-corrected chi connectivity index (χ1v) is 7.53. The van der Waals surface area contributed by atoms with E-state index >= 15 is 0 Å². The Kier molecular flexibility index (Phi) is 3.33. The lowest BCUT2D eigenvalue weighted by atomic mass is 10.0. The molecule has 3 rings (SSSR count). The van der Waals surface area contributed by atoms with E-state index in [-0.39, 0.29) is 5.60 Å². The number of hydrogen-bond donors (Lipinski definition) is 1. The number of rotatable bonds is 5. The third kappa shape index (κ3) is 3.14. The van der Waals surface area contributed by atoms with Crippen LogP contribution in [0.1, 0.15) is 39.2 Å². The summed E-state index contributed by atoms with van der Waals surface area (Å²) in [5.74, 6) is 1.56. The average molecular weight is 286 g/mol. The molecule has 2 aliphatic rings. The Morgan fingerprint density at radius 1 is 1.48 bits per heavy atom. The van der Waals surface area contributed by atoms with E-state index < -0.39 is 5.54 Å². The van der Waals surface area contributed by atoms with Crippen molar-refractivity contribution in [3.63, 3.8) is 0 Å². The van der Waals surface area contributed by atoms with Crippen LogP contribution in [0, 0.1) is 11.3 Å². The highest BCUT2D eigenvalue weighted by atomic mass is 16.5. The van der Waals surface area contributed by atoms with Crippen molar-refractivity contribution in [1.29, 1.82) is 5.26 Å². The zero-order valence-corrected chi connectivity index (χ0v) is 12.9. The SMILES string of the molecule is CC(C#N)(COc1cccc2c1OC(C)(C)C2)NC1CC1. The minimum atomic E-state index is -0.655. The first kappa shape index (κ1) is 14.2. The van der Waals surface area contributed by atoms with Crippen LogP contribution in [0.2, 0.25) is 0 Å². The van der Waals surface area contributed by atoms with Crippen molar-refractivity contribution in [2.75, 3.05) is 6.61 Å². The molecule has 0 radical (unpaired) electrons. The van der Waals surface area contributed by atoms with Crippen molar-refractivity contribution in [3.05, 3.63) is 23.8 Å². The fourth-order valence-electron chi connectivity index (χ4n) is 2.71. The monoisotopic (exact) mass is 286 g/mol. The summed E-state index contributed by atoms with van der Waals surface area (Å²) in [6.07, 6.45) is 3.18. The maximum Gasteiger partial charge on any atom is 0.165 e. The molecule has 112 valence electrons. The Hall–Kier alpha value is -1.73. The van der Waals surface area contributed by atoms with Gasteiger partial charge in [0.2, 0.25) is 0 Å².